The SMILES string of the molecule is Clc1ccc2c(c1)C(c1ccccc1Cl)N=C(NC1CCc3ccccc31)N2. The maximum Gasteiger partial charge on any atom is 0.197 e. The zero-order valence-corrected chi connectivity index (χ0v) is 16.6. The number of hydrogen-bond donors (Lipinski definition) is 2. The minimum absolute atomic E-state index is 0.206. The molecule has 0 aromatic heterocycles. The number of nitrogens with one attached hydrogen (secondary N) is 2. The summed E-state index contributed by atoms with van der Waals surface area (Å²) in [6.45, 7) is 0. The van der Waals surface area contributed by atoms with Crippen molar-refractivity contribution in [2.24, 2.45) is 4.99 Å². The van der Waals surface area contributed by atoms with E-state index in [4.69, 9.17) is 28.2 Å². The van der Waals surface area contributed by atoms with E-state index in [0.29, 0.717) is 10.0 Å². The van der Waals surface area contributed by atoms with Crippen molar-refractivity contribution in [1.82, 2.24) is 5.32 Å². The second-order valence-corrected chi connectivity index (χ2v) is 8.04. The smallest absolute Gasteiger partial charge is 0.197 e. The number of halogens is 2. The van der Waals surface area contributed by atoms with Crippen LogP contribution in [0.5, 0.6) is 0 Å². The molecule has 0 bridgehead atoms. The number of fused-ring (bicyclic) bond motifs is 2. The lowest BCUT2D eigenvalue weighted by Crippen LogP contribution is -2.36. The number of anilines is 1. The van der Waals surface area contributed by atoms with Crippen molar-refractivity contribution in [1.29, 1.82) is 0 Å². The van der Waals surface area contributed by atoms with Gasteiger partial charge in [0, 0.05) is 21.3 Å². The van der Waals surface area contributed by atoms with Crippen LogP contribution in [0.2, 0.25) is 10.0 Å². The van der Waals surface area contributed by atoms with Crippen LogP contribution >= 0.6 is 23.2 Å². The Hall–Kier alpha value is -2.49. The molecule has 5 rings (SSSR count). The zero-order valence-electron chi connectivity index (χ0n) is 15.1. The molecule has 0 spiro atoms. The molecule has 1 aliphatic carbocycles. The standard InChI is InChI=1S/C23H19Cl2N3/c24-15-10-12-21-18(13-15)22(17-7-3-4-8-19(17)25)28-23(27-21)26-20-11-9-14-5-1-2-6-16(14)20/h1-8,10,12-13,20,22H,9,11H2,(H2,26,27,28). The Labute approximate surface area is 174 Å². The van der Waals surface area contributed by atoms with Crippen LogP contribution in [0.25, 0.3) is 0 Å². The summed E-state index contributed by atoms with van der Waals surface area (Å²) in [6.07, 6.45) is 2.14. The highest BCUT2D eigenvalue weighted by atomic mass is 35.5. The number of nitrogens with zero attached hydrogens (tertiary/aromatic N) is 1. The molecule has 1 heterocycles. The molecular weight excluding hydrogens is 389 g/mol. The number of guanidine groups is 1. The highest BCUT2D eigenvalue weighted by Crippen LogP contribution is 2.39. The Bertz CT molecular complexity index is 1080. The maximum absolute atomic E-state index is 6.51. The van der Waals surface area contributed by atoms with Gasteiger partial charge in [-0.05, 0) is 53.8 Å². The minimum atomic E-state index is -0.206. The number of hydrogen-bond acceptors (Lipinski definition) is 3. The predicted octanol–water partition coefficient (Wildman–Crippen LogP) is 6.14. The summed E-state index contributed by atoms with van der Waals surface area (Å²) in [6, 6.07) is 22.4. The van der Waals surface area contributed by atoms with Gasteiger partial charge < -0.3 is 10.6 Å². The molecule has 28 heavy (non-hydrogen) atoms. The van der Waals surface area contributed by atoms with E-state index in [-0.39, 0.29) is 12.1 Å². The Morgan fingerprint density at radius 2 is 1.68 bits per heavy atom. The second-order valence-electron chi connectivity index (χ2n) is 7.19. The van der Waals surface area contributed by atoms with Crippen LogP contribution in [-0.2, 0) is 6.42 Å². The zero-order chi connectivity index (χ0) is 19.1. The van der Waals surface area contributed by atoms with Crippen LogP contribution in [0.3, 0.4) is 0 Å². The van der Waals surface area contributed by atoms with Gasteiger partial charge >= 0.3 is 0 Å². The van der Waals surface area contributed by atoms with Crippen molar-refractivity contribution >= 4 is 34.8 Å². The molecule has 3 aromatic rings. The Morgan fingerprint density at radius 1 is 0.893 bits per heavy atom. The summed E-state index contributed by atoms with van der Waals surface area (Å²) in [5.74, 6) is 0.765. The van der Waals surface area contributed by atoms with Crippen LogP contribution in [0.1, 0.15) is 40.8 Å². The third kappa shape index (κ3) is 3.15. The lowest BCUT2D eigenvalue weighted by molar-refractivity contribution is 0.633. The third-order valence-corrected chi connectivity index (χ3v) is 6.04. The van der Waals surface area contributed by atoms with E-state index in [0.717, 1.165) is 35.6 Å². The molecule has 5 heteroatoms. The largest absolute Gasteiger partial charge is 0.349 e. The Balaban J connectivity index is 1.53. The average molecular weight is 408 g/mol. The first kappa shape index (κ1) is 17.6. The lowest BCUT2D eigenvalue weighted by Gasteiger charge is -2.28. The molecular formula is C23H19Cl2N3. The van der Waals surface area contributed by atoms with Crippen LogP contribution in [0.15, 0.2) is 71.7 Å². The Kier molecular flexibility index (Phi) is 4.50. The van der Waals surface area contributed by atoms with Crippen molar-refractivity contribution in [3.63, 3.8) is 0 Å². The first-order valence-corrected chi connectivity index (χ1v) is 10.2. The molecule has 2 aliphatic rings. The summed E-state index contributed by atoms with van der Waals surface area (Å²) in [7, 11) is 0. The first-order chi connectivity index (χ1) is 13.7. The molecule has 3 nitrogen and oxygen atoms in total. The van der Waals surface area contributed by atoms with E-state index < -0.39 is 0 Å². The summed E-state index contributed by atoms with van der Waals surface area (Å²) in [5, 5.41) is 8.44. The fourth-order valence-corrected chi connectivity index (χ4v) is 4.53. The van der Waals surface area contributed by atoms with Gasteiger partial charge in [0.1, 0.15) is 6.04 Å². The molecule has 0 radical (unpaired) electrons. The molecule has 3 aromatic carbocycles. The van der Waals surface area contributed by atoms with Gasteiger partial charge in [-0.2, -0.15) is 0 Å². The van der Waals surface area contributed by atoms with Crippen molar-refractivity contribution in [3.05, 3.63) is 99.0 Å². The van der Waals surface area contributed by atoms with Crippen LogP contribution in [0.4, 0.5) is 5.69 Å². The van der Waals surface area contributed by atoms with Gasteiger partial charge in [-0.1, -0.05) is 65.7 Å². The minimum Gasteiger partial charge on any atom is -0.349 e. The predicted molar refractivity (Wildman–Crippen MR) is 116 cm³/mol. The average Bonchev–Trinajstić information content (AvgIpc) is 3.11. The molecule has 2 N–H and O–H groups in total. The van der Waals surface area contributed by atoms with Gasteiger partial charge in [0.05, 0.1) is 6.04 Å². The summed E-state index contributed by atoms with van der Waals surface area (Å²) >= 11 is 12.8. The quantitative estimate of drug-likeness (QED) is 0.534. The highest BCUT2D eigenvalue weighted by Gasteiger charge is 2.28. The van der Waals surface area contributed by atoms with Crippen LogP contribution in [-0.4, -0.2) is 5.96 Å². The molecule has 0 fully saturated rings. The van der Waals surface area contributed by atoms with Gasteiger partial charge in [-0.15, -0.1) is 0 Å². The number of aryl methyl sites for hydroxylation is 1. The number of rotatable bonds is 2. The topological polar surface area (TPSA) is 36.4 Å². The van der Waals surface area contributed by atoms with Crippen LogP contribution in [0, 0.1) is 0 Å². The van der Waals surface area contributed by atoms with Crippen molar-refractivity contribution in [3.8, 4) is 0 Å². The van der Waals surface area contributed by atoms with Crippen molar-refractivity contribution < 1.29 is 0 Å². The van der Waals surface area contributed by atoms with E-state index in [1.807, 2.05) is 42.5 Å². The van der Waals surface area contributed by atoms with E-state index >= 15 is 0 Å². The fourth-order valence-electron chi connectivity index (χ4n) is 4.11. The second kappa shape index (κ2) is 7.16. The third-order valence-electron chi connectivity index (χ3n) is 5.46. The van der Waals surface area contributed by atoms with Crippen LogP contribution < -0.4 is 10.6 Å². The molecule has 0 amide bonds. The lowest BCUT2D eigenvalue weighted by atomic mass is 9.96. The number of aliphatic imine (C=N–C) groups is 1. The molecule has 140 valence electrons. The monoisotopic (exact) mass is 407 g/mol. The van der Waals surface area contributed by atoms with Gasteiger partial charge in [0.2, 0.25) is 0 Å². The Morgan fingerprint density at radius 3 is 2.54 bits per heavy atom. The number of benzene rings is 3. The van der Waals surface area contributed by atoms with Crippen molar-refractivity contribution in [2.45, 2.75) is 24.9 Å². The van der Waals surface area contributed by atoms with Crippen molar-refractivity contribution in [2.75, 3.05) is 5.32 Å². The van der Waals surface area contributed by atoms with E-state index in [1.54, 1.807) is 0 Å². The van der Waals surface area contributed by atoms with E-state index in [2.05, 4.69) is 34.9 Å². The highest BCUT2D eigenvalue weighted by molar-refractivity contribution is 6.31. The van der Waals surface area contributed by atoms with E-state index in [1.165, 1.54) is 11.1 Å². The summed E-state index contributed by atoms with van der Waals surface area (Å²) < 4.78 is 0. The summed E-state index contributed by atoms with van der Waals surface area (Å²) in [4.78, 5) is 4.98. The first-order valence-electron chi connectivity index (χ1n) is 9.42. The molecule has 0 saturated carbocycles. The van der Waals surface area contributed by atoms with E-state index in [9.17, 15) is 0 Å². The summed E-state index contributed by atoms with van der Waals surface area (Å²) in [5.41, 5.74) is 5.76. The maximum atomic E-state index is 6.51. The molecule has 2 atom stereocenters. The fraction of sp³-hybridized carbons (Fsp3) is 0.174. The van der Waals surface area contributed by atoms with Gasteiger partial charge in [-0.3, -0.25) is 0 Å². The molecule has 1 aliphatic heterocycles. The van der Waals surface area contributed by atoms with Gasteiger partial charge in [-0.25, -0.2) is 4.99 Å². The molecule has 2 unspecified atom stereocenters. The van der Waals surface area contributed by atoms with Gasteiger partial charge in [0.15, 0.2) is 5.96 Å². The normalized spacial score (nSPS) is 20.0. The van der Waals surface area contributed by atoms with Gasteiger partial charge in [0.25, 0.3) is 0 Å². The molecule has 0 saturated heterocycles.